The van der Waals surface area contributed by atoms with E-state index in [9.17, 15) is 0 Å². The monoisotopic (exact) mass is 249 g/mol. The average molecular weight is 249 g/mol. The highest BCUT2D eigenvalue weighted by Crippen LogP contribution is 2.40. The van der Waals surface area contributed by atoms with E-state index in [-0.39, 0.29) is 0 Å². The SMILES string of the molecule is CCOP(OCC)OCC1CCN(C)CC1. The minimum atomic E-state index is -1.11. The third-order valence-corrected chi connectivity index (χ3v) is 4.02. The van der Waals surface area contributed by atoms with E-state index in [1.165, 1.54) is 25.9 Å². The molecule has 0 aliphatic carbocycles. The lowest BCUT2D eigenvalue weighted by atomic mass is 9.98. The fourth-order valence-electron chi connectivity index (χ4n) is 1.72. The van der Waals surface area contributed by atoms with Gasteiger partial charge in [0.05, 0.1) is 19.8 Å². The largest absolute Gasteiger partial charge is 0.332 e. The van der Waals surface area contributed by atoms with Gasteiger partial charge in [-0.25, -0.2) is 0 Å². The van der Waals surface area contributed by atoms with E-state index in [0.29, 0.717) is 19.1 Å². The first-order valence-corrected chi connectivity index (χ1v) is 7.23. The van der Waals surface area contributed by atoms with Crippen LogP contribution in [0, 0.1) is 5.92 Å². The van der Waals surface area contributed by atoms with Crippen LogP contribution in [0.4, 0.5) is 0 Å². The quantitative estimate of drug-likeness (QED) is 0.649. The molecule has 0 N–H and O–H groups in total. The zero-order valence-corrected chi connectivity index (χ0v) is 11.5. The fourth-order valence-corrected chi connectivity index (χ4v) is 2.70. The third-order valence-electron chi connectivity index (χ3n) is 2.72. The average Bonchev–Trinajstić information content (AvgIpc) is 2.29. The molecule has 1 heterocycles. The van der Waals surface area contributed by atoms with Crippen molar-refractivity contribution < 1.29 is 13.6 Å². The Morgan fingerprint density at radius 2 is 1.62 bits per heavy atom. The highest BCUT2D eigenvalue weighted by Gasteiger charge is 2.19. The molecule has 0 aromatic heterocycles. The van der Waals surface area contributed by atoms with Gasteiger partial charge in [-0.05, 0) is 52.7 Å². The van der Waals surface area contributed by atoms with Crippen molar-refractivity contribution in [2.45, 2.75) is 26.7 Å². The van der Waals surface area contributed by atoms with Crippen molar-refractivity contribution in [2.75, 3.05) is 40.0 Å². The lowest BCUT2D eigenvalue weighted by molar-refractivity contribution is 0.122. The molecular formula is C11H24NO3P. The minimum absolute atomic E-state index is 0.652. The number of nitrogens with zero attached hydrogens (tertiary/aromatic N) is 1. The van der Waals surface area contributed by atoms with Gasteiger partial charge in [0, 0.05) is 0 Å². The molecule has 0 aromatic carbocycles. The summed E-state index contributed by atoms with van der Waals surface area (Å²) in [6.45, 7) is 8.36. The Balaban J connectivity index is 2.15. The van der Waals surface area contributed by atoms with Gasteiger partial charge in [0.15, 0.2) is 0 Å². The second-order valence-electron chi connectivity index (χ2n) is 4.10. The Bertz CT molecular complexity index is 169. The molecule has 1 rings (SSSR count). The normalized spacial score (nSPS) is 19.5. The molecule has 1 saturated heterocycles. The van der Waals surface area contributed by atoms with Crippen molar-refractivity contribution >= 4 is 8.60 Å². The molecule has 0 amide bonds. The van der Waals surface area contributed by atoms with Crippen LogP contribution in [0.3, 0.4) is 0 Å². The summed E-state index contributed by atoms with van der Waals surface area (Å²) in [5.74, 6) is 0.669. The molecule has 0 unspecified atom stereocenters. The lowest BCUT2D eigenvalue weighted by Gasteiger charge is -2.29. The van der Waals surface area contributed by atoms with Crippen molar-refractivity contribution in [1.82, 2.24) is 4.90 Å². The summed E-state index contributed by atoms with van der Waals surface area (Å²) in [4.78, 5) is 2.37. The highest BCUT2D eigenvalue weighted by molar-refractivity contribution is 7.41. The van der Waals surface area contributed by atoms with E-state index in [0.717, 1.165) is 6.61 Å². The van der Waals surface area contributed by atoms with Gasteiger partial charge in [0.1, 0.15) is 0 Å². The lowest BCUT2D eigenvalue weighted by Crippen LogP contribution is -2.31. The second kappa shape index (κ2) is 8.37. The standard InChI is InChI=1S/C11H24NO3P/c1-4-13-16(14-5-2)15-10-11-6-8-12(3)9-7-11/h11H,4-10H2,1-3H3. The molecule has 16 heavy (non-hydrogen) atoms. The van der Waals surface area contributed by atoms with E-state index in [4.69, 9.17) is 13.6 Å². The first-order valence-electron chi connectivity index (χ1n) is 6.13. The third kappa shape index (κ3) is 5.55. The maximum absolute atomic E-state index is 5.70. The Kier molecular flexibility index (Phi) is 7.50. The molecule has 0 aromatic rings. The highest BCUT2D eigenvalue weighted by atomic mass is 31.2. The van der Waals surface area contributed by atoms with E-state index < -0.39 is 8.60 Å². The predicted molar refractivity (Wildman–Crippen MR) is 66.3 cm³/mol. The van der Waals surface area contributed by atoms with Gasteiger partial charge in [-0.15, -0.1) is 0 Å². The minimum Gasteiger partial charge on any atom is -0.313 e. The number of likely N-dealkylation sites (tertiary alicyclic amines) is 1. The summed E-state index contributed by atoms with van der Waals surface area (Å²) in [7, 11) is 1.06. The van der Waals surface area contributed by atoms with Crippen LogP contribution in [0.2, 0.25) is 0 Å². The van der Waals surface area contributed by atoms with E-state index in [1.54, 1.807) is 0 Å². The van der Waals surface area contributed by atoms with Crippen molar-refractivity contribution in [3.05, 3.63) is 0 Å². The van der Waals surface area contributed by atoms with Gasteiger partial charge >= 0.3 is 8.60 Å². The first kappa shape index (κ1) is 14.3. The molecule has 0 radical (unpaired) electrons. The zero-order valence-electron chi connectivity index (χ0n) is 10.6. The van der Waals surface area contributed by atoms with Gasteiger partial charge in [-0.2, -0.15) is 0 Å². The molecule has 5 heteroatoms. The van der Waals surface area contributed by atoms with Crippen molar-refractivity contribution in [3.63, 3.8) is 0 Å². The molecule has 96 valence electrons. The summed E-state index contributed by atoms with van der Waals surface area (Å²) in [6.07, 6.45) is 2.44. The van der Waals surface area contributed by atoms with Crippen LogP contribution in [-0.4, -0.2) is 44.9 Å². The Morgan fingerprint density at radius 1 is 1.06 bits per heavy atom. The molecule has 4 nitrogen and oxygen atoms in total. The van der Waals surface area contributed by atoms with Crippen LogP contribution < -0.4 is 0 Å². The molecule has 1 fully saturated rings. The number of hydrogen-bond donors (Lipinski definition) is 0. The number of rotatable bonds is 7. The molecule has 1 aliphatic heterocycles. The van der Waals surface area contributed by atoms with E-state index in [2.05, 4.69) is 11.9 Å². The van der Waals surface area contributed by atoms with Gasteiger partial charge < -0.3 is 18.5 Å². The van der Waals surface area contributed by atoms with Gasteiger partial charge in [0.2, 0.25) is 0 Å². The predicted octanol–water partition coefficient (Wildman–Crippen LogP) is 2.64. The fraction of sp³-hybridized carbons (Fsp3) is 1.00. The van der Waals surface area contributed by atoms with E-state index >= 15 is 0 Å². The Hall–Kier alpha value is 0.270. The first-order chi connectivity index (χ1) is 7.76. The maximum atomic E-state index is 5.70. The van der Waals surface area contributed by atoms with Crippen LogP contribution >= 0.6 is 8.60 Å². The van der Waals surface area contributed by atoms with Crippen molar-refractivity contribution in [1.29, 1.82) is 0 Å². The summed E-state index contributed by atoms with van der Waals surface area (Å²) in [6, 6.07) is 0. The maximum Gasteiger partial charge on any atom is 0.332 e. The van der Waals surface area contributed by atoms with Gasteiger partial charge in [0.25, 0.3) is 0 Å². The van der Waals surface area contributed by atoms with Crippen LogP contribution in [-0.2, 0) is 13.6 Å². The van der Waals surface area contributed by atoms with Gasteiger partial charge in [-0.1, -0.05) is 0 Å². The summed E-state index contributed by atoms with van der Waals surface area (Å²) >= 11 is 0. The molecule has 0 bridgehead atoms. The Morgan fingerprint density at radius 3 is 2.12 bits per heavy atom. The summed E-state index contributed by atoms with van der Waals surface area (Å²) in [5.41, 5.74) is 0. The van der Waals surface area contributed by atoms with Gasteiger partial charge in [-0.3, -0.25) is 0 Å². The van der Waals surface area contributed by atoms with Crippen LogP contribution in [0.25, 0.3) is 0 Å². The second-order valence-corrected chi connectivity index (χ2v) is 5.32. The molecule has 0 saturated carbocycles. The van der Waals surface area contributed by atoms with Crippen LogP contribution in [0.1, 0.15) is 26.7 Å². The summed E-state index contributed by atoms with van der Waals surface area (Å²) in [5, 5.41) is 0. The summed E-state index contributed by atoms with van der Waals surface area (Å²) < 4.78 is 16.5. The van der Waals surface area contributed by atoms with Crippen LogP contribution in [0.5, 0.6) is 0 Å². The van der Waals surface area contributed by atoms with Crippen LogP contribution in [0.15, 0.2) is 0 Å². The number of piperidine rings is 1. The topological polar surface area (TPSA) is 30.9 Å². The van der Waals surface area contributed by atoms with E-state index in [1.807, 2.05) is 13.8 Å². The molecule has 0 atom stereocenters. The molecular weight excluding hydrogens is 225 g/mol. The zero-order chi connectivity index (χ0) is 11.8. The Labute approximate surface area is 100 Å². The molecule has 0 spiro atoms. The molecule has 1 aliphatic rings. The van der Waals surface area contributed by atoms with Crippen molar-refractivity contribution in [3.8, 4) is 0 Å². The van der Waals surface area contributed by atoms with Crippen molar-refractivity contribution in [2.24, 2.45) is 5.92 Å². The smallest absolute Gasteiger partial charge is 0.313 e. The number of hydrogen-bond acceptors (Lipinski definition) is 4.